The number of halogens is 3. The molecule has 1 aromatic carbocycles. The largest absolute Gasteiger partial charge is 0.453 e. The number of nitrogens with one attached hydrogen (secondary N) is 1. The molecule has 4 rings (SSSR count). The summed E-state index contributed by atoms with van der Waals surface area (Å²) in [6.45, 7) is 3.66. The van der Waals surface area contributed by atoms with Gasteiger partial charge in [0.05, 0.1) is 12.0 Å². The van der Waals surface area contributed by atoms with Gasteiger partial charge in [0, 0.05) is 36.7 Å². The van der Waals surface area contributed by atoms with Crippen LogP contribution in [0.4, 0.5) is 13.2 Å². The lowest BCUT2D eigenvalue weighted by atomic mass is 10.1. The zero-order chi connectivity index (χ0) is 22.9. The van der Waals surface area contributed by atoms with E-state index in [1.807, 2.05) is 35.0 Å². The number of rotatable bonds is 6. The van der Waals surface area contributed by atoms with Crippen molar-refractivity contribution in [2.24, 2.45) is 0 Å². The maximum absolute atomic E-state index is 12.9. The molecule has 0 aliphatic heterocycles. The molecule has 0 spiro atoms. The van der Waals surface area contributed by atoms with E-state index < -0.39 is 12.0 Å². The third-order valence-corrected chi connectivity index (χ3v) is 5.15. The second-order valence-electron chi connectivity index (χ2n) is 7.28. The van der Waals surface area contributed by atoms with Crippen LogP contribution in [-0.2, 0) is 23.9 Å². The van der Waals surface area contributed by atoms with Crippen LogP contribution in [0.5, 0.6) is 0 Å². The van der Waals surface area contributed by atoms with Crippen LogP contribution in [0.3, 0.4) is 0 Å². The van der Waals surface area contributed by atoms with E-state index in [2.05, 4.69) is 25.4 Å². The summed E-state index contributed by atoms with van der Waals surface area (Å²) in [6.07, 6.45) is 1.01. The minimum atomic E-state index is -4.65. The van der Waals surface area contributed by atoms with Crippen molar-refractivity contribution in [2.75, 3.05) is 0 Å². The van der Waals surface area contributed by atoms with Crippen molar-refractivity contribution < 1.29 is 18.0 Å². The highest BCUT2D eigenvalue weighted by Gasteiger charge is 2.36. The van der Waals surface area contributed by atoms with Crippen LogP contribution >= 0.6 is 0 Å². The Bertz CT molecular complexity index is 1260. The Morgan fingerprint density at radius 2 is 1.94 bits per heavy atom. The second kappa shape index (κ2) is 8.40. The molecule has 3 aromatic heterocycles. The van der Waals surface area contributed by atoms with Gasteiger partial charge >= 0.3 is 6.18 Å². The van der Waals surface area contributed by atoms with E-state index in [0.717, 1.165) is 15.8 Å². The Morgan fingerprint density at radius 1 is 1.16 bits per heavy atom. The van der Waals surface area contributed by atoms with E-state index >= 15 is 0 Å². The monoisotopic (exact) mass is 443 g/mol. The van der Waals surface area contributed by atoms with Gasteiger partial charge in [0.25, 0.3) is 11.6 Å². The summed E-state index contributed by atoms with van der Waals surface area (Å²) in [5.41, 5.74) is 3.52. The Morgan fingerprint density at radius 3 is 2.66 bits per heavy atom. The van der Waals surface area contributed by atoms with E-state index in [1.54, 1.807) is 26.4 Å². The Labute approximate surface area is 181 Å². The van der Waals surface area contributed by atoms with E-state index in [1.165, 1.54) is 0 Å². The van der Waals surface area contributed by atoms with Crippen LogP contribution in [0, 0.1) is 13.8 Å². The van der Waals surface area contributed by atoms with Crippen molar-refractivity contribution >= 4 is 11.7 Å². The van der Waals surface area contributed by atoms with E-state index in [0.29, 0.717) is 29.9 Å². The number of hydrogen-bond acceptors (Lipinski definition) is 5. The van der Waals surface area contributed by atoms with E-state index in [4.69, 9.17) is 0 Å². The molecule has 32 heavy (non-hydrogen) atoms. The highest BCUT2D eigenvalue weighted by Crippen LogP contribution is 2.27. The van der Waals surface area contributed by atoms with Gasteiger partial charge in [-0.2, -0.15) is 18.2 Å². The topological polar surface area (TPSA) is 90.0 Å². The van der Waals surface area contributed by atoms with Gasteiger partial charge in [-0.3, -0.25) is 4.79 Å². The number of hydrogen-bond donors (Lipinski definition) is 1. The first kappa shape index (κ1) is 21.5. The van der Waals surface area contributed by atoms with Gasteiger partial charge in [0.2, 0.25) is 5.91 Å². The highest BCUT2D eigenvalue weighted by atomic mass is 19.4. The normalized spacial score (nSPS) is 11.8. The molecular formula is C21H20F3N7O. The summed E-state index contributed by atoms with van der Waals surface area (Å²) in [7, 11) is 0. The molecular weight excluding hydrogens is 423 g/mol. The Kier molecular flexibility index (Phi) is 5.64. The van der Waals surface area contributed by atoms with Crippen molar-refractivity contribution in [3.05, 3.63) is 71.3 Å². The van der Waals surface area contributed by atoms with E-state index in [-0.39, 0.29) is 18.1 Å². The second-order valence-corrected chi connectivity index (χ2v) is 7.28. The summed E-state index contributed by atoms with van der Waals surface area (Å²) in [5, 5.41) is 6.43. The average Bonchev–Trinajstić information content (AvgIpc) is 3.42. The van der Waals surface area contributed by atoms with Crippen LogP contribution in [0.2, 0.25) is 0 Å². The third kappa shape index (κ3) is 4.32. The predicted octanol–water partition coefficient (Wildman–Crippen LogP) is 3.19. The molecule has 0 radical (unpaired) electrons. The summed E-state index contributed by atoms with van der Waals surface area (Å²) in [6, 6.07) is 7.65. The predicted molar refractivity (Wildman–Crippen MR) is 109 cm³/mol. The lowest BCUT2D eigenvalue weighted by molar-refractivity contribution is -0.144. The molecule has 0 atom stereocenters. The number of alkyl halides is 3. The number of imidazole rings is 1. The molecule has 0 unspecified atom stereocenters. The lowest BCUT2D eigenvalue weighted by Gasteiger charge is -2.12. The Balaban J connectivity index is 1.45. The van der Waals surface area contributed by atoms with Gasteiger partial charge < -0.3 is 9.88 Å². The maximum Gasteiger partial charge on any atom is 0.453 e. The number of para-hydroxylation sites is 1. The van der Waals surface area contributed by atoms with Gasteiger partial charge in [-0.05, 0) is 37.5 Å². The zero-order valence-corrected chi connectivity index (χ0v) is 17.4. The fourth-order valence-electron chi connectivity index (χ4n) is 3.52. The van der Waals surface area contributed by atoms with Crippen LogP contribution in [0.15, 0.2) is 43.0 Å². The smallest absolute Gasteiger partial charge is 0.352 e. The van der Waals surface area contributed by atoms with Gasteiger partial charge in [-0.25, -0.2) is 14.5 Å². The van der Waals surface area contributed by atoms with Crippen molar-refractivity contribution in [1.82, 2.24) is 34.4 Å². The number of nitrogens with zero attached hydrogens (tertiary/aromatic N) is 6. The minimum absolute atomic E-state index is 0.114. The first-order valence-electron chi connectivity index (χ1n) is 9.87. The van der Waals surface area contributed by atoms with Crippen LogP contribution in [0.25, 0.3) is 11.5 Å². The first-order chi connectivity index (χ1) is 15.2. The highest BCUT2D eigenvalue weighted by molar-refractivity contribution is 5.76. The number of benzene rings is 1. The number of carbonyl (C=O) groups excluding carboxylic acids is 1. The van der Waals surface area contributed by atoms with Crippen LogP contribution in [-0.4, -0.2) is 35.0 Å². The van der Waals surface area contributed by atoms with Gasteiger partial charge in [-0.15, -0.1) is 5.10 Å². The molecule has 11 heteroatoms. The van der Waals surface area contributed by atoms with Crippen molar-refractivity contribution in [3.8, 4) is 5.69 Å². The van der Waals surface area contributed by atoms with Gasteiger partial charge in [0.1, 0.15) is 0 Å². The molecule has 0 saturated heterocycles. The number of carbonyl (C=O) groups is 1. The maximum atomic E-state index is 12.9. The van der Waals surface area contributed by atoms with Gasteiger partial charge in [0.15, 0.2) is 0 Å². The van der Waals surface area contributed by atoms with Crippen molar-refractivity contribution in [2.45, 2.75) is 39.4 Å². The minimum Gasteiger partial charge on any atom is -0.352 e. The average molecular weight is 443 g/mol. The molecule has 1 amide bonds. The lowest BCUT2D eigenvalue weighted by Crippen LogP contribution is -2.24. The molecule has 4 aromatic rings. The third-order valence-electron chi connectivity index (χ3n) is 5.15. The molecule has 1 N–H and O–H groups in total. The molecule has 3 heterocycles. The summed E-state index contributed by atoms with van der Waals surface area (Å²) in [4.78, 5) is 24.1. The van der Waals surface area contributed by atoms with Crippen LogP contribution < -0.4 is 5.32 Å². The van der Waals surface area contributed by atoms with Crippen molar-refractivity contribution in [3.63, 3.8) is 0 Å². The number of fused-ring (bicyclic) bond motifs is 1. The molecule has 0 fully saturated rings. The molecule has 0 bridgehead atoms. The zero-order valence-electron chi connectivity index (χ0n) is 17.4. The van der Waals surface area contributed by atoms with E-state index in [9.17, 15) is 18.0 Å². The quantitative estimate of drug-likeness (QED) is 0.494. The SMILES string of the molecule is Cc1nc2nc(C(F)(F)F)nn2c(C)c1CCC(=O)NCc1ccccc1-n1ccnc1. The molecule has 166 valence electrons. The summed E-state index contributed by atoms with van der Waals surface area (Å²) >= 11 is 0. The van der Waals surface area contributed by atoms with Crippen LogP contribution in [0.1, 0.15) is 34.8 Å². The summed E-state index contributed by atoms with van der Waals surface area (Å²) < 4.78 is 41.7. The number of aryl methyl sites for hydroxylation is 2. The standard InChI is InChI=1S/C21H20F3N7O/c1-13-16(14(2)31-20(27-13)28-19(29-31)21(22,23)24)7-8-18(32)26-11-15-5-3-4-6-17(15)30-10-9-25-12-30/h3-6,9-10,12H,7-8,11H2,1-2H3,(H,26,32). The molecule has 0 saturated carbocycles. The Hall–Kier alpha value is -3.76. The number of amides is 1. The fourth-order valence-corrected chi connectivity index (χ4v) is 3.52. The van der Waals surface area contributed by atoms with Crippen molar-refractivity contribution in [1.29, 1.82) is 0 Å². The number of aromatic nitrogens is 6. The summed E-state index contributed by atoms with van der Waals surface area (Å²) in [5.74, 6) is -1.53. The fraction of sp³-hybridized carbons (Fsp3) is 0.286. The molecule has 0 aliphatic carbocycles. The first-order valence-corrected chi connectivity index (χ1v) is 9.87. The molecule has 0 aliphatic rings. The molecule has 8 nitrogen and oxygen atoms in total. The van der Waals surface area contributed by atoms with Gasteiger partial charge in [-0.1, -0.05) is 18.2 Å².